The van der Waals surface area contributed by atoms with E-state index in [4.69, 9.17) is 4.42 Å². The topological polar surface area (TPSA) is 55.9 Å². The minimum atomic E-state index is -0.303. The lowest BCUT2D eigenvalue weighted by Crippen LogP contribution is -2.30. The van der Waals surface area contributed by atoms with Crippen LogP contribution >= 0.6 is 0 Å². The molecule has 5 nitrogen and oxygen atoms in total. The summed E-state index contributed by atoms with van der Waals surface area (Å²) in [6.07, 6.45) is 5.28. The van der Waals surface area contributed by atoms with Crippen LogP contribution in [-0.4, -0.2) is 20.8 Å². The number of halogens is 1. The lowest BCUT2D eigenvalue weighted by molar-refractivity contribution is 0.448. The van der Waals surface area contributed by atoms with Crippen molar-refractivity contribution < 1.29 is 8.81 Å². The van der Waals surface area contributed by atoms with Gasteiger partial charge in [-0.25, -0.2) is 9.37 Å². The van der Waals surface area contributed by atoms with Crippen molar-refractivity contribution >= 4 is 0 Å². The Morgan fingerprint density at radius 2 is 2.27 bits per heavy atom. The maximum absolute atomic E-state index is 13.2. The van der Waals surface area contributed by atoms with E-state index in [0.717, 1.165) is 12.2 Å². The summed E-state index contributed by atoms with van der Waals surface area (Å²) in [6, 6.07) is 8.35. The summed E-state index contributed by atoms with van der Waals surface area (Å²) >= 11 is 0. The molecule has 0 bridgehead atoms. The quantitative estimate of drug-likeness (QED) is 0.760. The molecular weight excluding hydrogens is 283 g/mol. The van der Waals surface area contributed by atoms with Crippen LogP contribution in [0.25, 0.3) is 11.5 Å². The Balaban J connectivity index is 1.58. The van der Waals surface area contributed by atoms with Gasteiger partial charge in [-0.1, -0.05) is 6.07 Å². The monoisotopic (exact) mass is 300 g/mol. The smallest absolute Gasteiger partial charge is 0.226 e. The van der Waals surface area contributed by atoms with E-state index in [1.807, 2.05) is 16.9 Å². The predicted molar refractivity (Wildman–Crippen MR) is 80.4 cm³/mol. The molecular formula is C16H17FN4O. The maximum atomic E-state index is 13.2. The Morgan fingerprint density at radius 1 is 1.36 bits per heavy atom. The zero-order valence-electron chi connectivity index (χ0n) is 12.2. The largest absolute Gasteiger partial charge is 0.444 e. The van der Waals surface area contributed by atoms with Gasteiger partial charge in [0, 0.05) is 30.5 Å². The molecule has 6 heteroatoms. The number of nitrogens with one attached hydrogen (secondary N) is 1. The van der Waals surface area contributed by atoms with E-state index in [1.165, 1.54) is 12.1 Å². The van der Waals surface area contributed by atoms with Crippen molar-refractivity contribution in [2.24, 2.45) is 0 Å². The Morgan fingerprint density at radius 3 is 3.05 bits per heavy atom. The number of benzene rings is 1. The Hall–Kier alpha value is -2.47. The van der Waals surface area contributed by atoms with Crippen LogP contribution in [0.15, 0.2) is 53.4 Å². The molecule has 0 aliphatic rings. The number of hydrogen-bond acceptors (Lipinski definition) is 4. The first-order valence-electron chi connectivity index (χ1n) is 7.12. The van der Waals surface area contributed by atoms with Crippen molar-refractivity contribution in [2.45, 2.75) is 26.1 Å². The van der Waals surface area contributed by atoms with Crippen LogP contribution in [0.5, 0.6) is 0 Å². The van der Waals surface area contributed by atoms with Gasteiger partial charge in [-0.2, -0.15) is 5.10 Å². The van der Waals surface area contributed by atoms with Crippen LogP contribution in [-0.2, 0) is 13.1 Å². The molecule has 0 aliphatic carbocycles. The molecule has 0 radical (unpaired) electrons. The van der Waals surface area contributed by atoms with Gasteiger partial charge in [0.05, 0.1) is 12.2 Å². The van der Waals surface area contributed by atoms with Gasteiger partial charge < -0.3 is 9.73 Å². The molecule has 3 rings (SSSR count). The summed E-state index contributed by atoms with van der Waals surface area (Å²) in [4.78, 5) is 4.37. The van der Waals surface area contributed by atoms with E-state index in [2.05, 4.69) is 22.3 Å². The van der Waals surface area contributed by atoms with Crippen molar-refractivity contribution in [3.63, 3.8) is 0 Å². The van der Waals surface area contributed by atoms with E-state index < -0.39 is 0 Å². The number of rotatable bonds is 6. The van der Waals surface area contributed by atoms with Crippen LogP contribution in [0, 0.1) is 5.82 Å². The van der Waals surface area contributed by atoms with E-state index in [9.17, 15) is 4.39 Å². The minimum Gasteiger partial charge on any atom is -0.444 e. The SMILES string of the molecule is C[C@@H](Cn1cccn1)NCc1coc(-c2cccc(F)c2)n1. The molecule has 0 aliphatic heterocycles. The lowest BCUT2D eigenvalue weighted by Gasteiger charge is -2.12. The normalized spacial score (nSPS) is 12.5. The third-order valence-corrected chi connectivity index (χ3v) is 3.28. The van der Waals surface area contributed by atoms with Gasteiger partial charge in [-0.15, -0.1) is 0 Å². The molecule has 114 valence electrons. The third-order valence-electron chi connectivity index (χ3n) is 3.28. The van der Waals surface area contributed by atoms with Gasteiger partial charge >= 0.3 is 0 Å². The number of hydrogen-bond donors (Lipinski definition) is 1. The summed E-state index contributed by atoms with van der Waals surface area (Å²) in [5.41, 5.74) is 1.42. The fourth-order valence-electron chi connectivity index (χ4n) is 2.17. The summed E-state index contributed by atoms with van der Waals surface area (Å²) in [5.74, 6) is 0.124. The van der Waals surface area contributed by atoms with Gasteiger partial charge in [-0.05, 0) is 31.2 Å². The summed E-state index contributed by atoms with van der Waals surface area (Å²) in [5, 5.41) is 7.53. The van der Waals surface area contributed by atoms with E-state index in [1.54, 1.807) is 24.6 Å². The first kappa shape index (κ1) is 14.5. The highest BCUT2D eigenvalue weighted by Gasteiger charge is 2.09. The van der Waals surface area contributed by atoms with E-state index >= 15 is 0 Å². The van der Waals surface area contributed by atoms with Gasteiger partial charge in [0.15, 0.2) is 0 Å². The Kier molecular flexibility index (Phi) is 4.29. The lowest BCUT2D eigenvalue weighted by atomic mass is 10.2. The van der Waals surface area contributed by atoms with Crippen LogP contribution < -0.4 is 5.32 Å². The summed E-state index contributed by atoms with van der Waals surface area (Å²) in [7, 11) is 0. The summed E-state index contributed by atoms with van der Waals surface area (Å²) < 4.78 is 20.5. The van der Waals surface area contributed by atoms with Crippen LogP contribution in [0.4, 0.5) is 4.39 Å². The number of oxazole rings is 1. The fraction of sp³-hybridized carbons (Fsp3) is 0.250. The van der Waals surface area contributed by atoms with Crippen molar-refractivity contribution in [2.75, 3.05) is 0 Å². The third kappa shape index (κ3) is 3.59. The van der Waals surface area contributed by atoms with Gasteiger partial charge in [0.1, 0.15) is 12.1 Å². The molecule has 0 saturated carbocycles. The number of aromatic nitrogens is 3. The molecule has 1 atom stereocenters. The highest BCUT2D eigenvalue weighted by atomic mass is 19.1. The second-order valence-corrected chi connectivity index (χ2v) is 5.16. The molecule has 22 heavy (non-hydrogen) atoms. The standard InChI is InChI=1S/C16H17FN4O/c1-12(10-21-7-3-6-19-21)18-9-15-11-22-16(20-15)13-4-2-5-14(17)8-13/h2-8,11-12,18H,9-10H2,1H3/t12-/m0/s1. The predicted octanol–water partition coefficient (Wildman–Crippen LogP) is 2.86. The van der Waals surface area contributed by atoms with Crippen molar-refractivity contribution in [3.05, 3.63) is 60.5 Å². The van der Waals surface area contributed by atoms with Gasteiger partial charge in [0.2, 0.25) is 5.89 Å². The van der Waals surface area contributed by atoms with Gasteiger partial charge in [-0.3, -0.25) is 4.68 Å². The zero-order chi connectivity index (χ0) is 15.4. The van der Waals surface area contributed by atoms with Gasteiger partial charge in [0.25, 0.3) is 0 Å². The number of nitrogens with zero attached hydrogens (tertiary/aromatic N) is 3. The highest BCUT2D eigenvalue weighted by Crippen LogP contribution is 2.19. The molecule has 0 amide bonds. The van der Waals surface area contributed by atoms with E-state index in [0.29, 0.717) is 18.0 Å². The molecule has 0 spiro atoms. The average Bonchev–Trinajstić information content (AvgIpc) is 3.16. The first-order chi connectivity index (χ1) is 10.7. The fourth-order valence-corrected chi connectivity index (χ4v) is 2.17. The Bertz CT molecular complexity index is 723. The second kappa shape index (κ2) is 6.53. The first-order valence-corrected chi connectivity index (χ1v) is 7.12. The maximum Gasteiger partial charge on any atom is 0.226 e. The molecule has 0 unspecified atom stereocenters. The average molecular weight is 300 g/mol. The van der Waals surface area contributed by atoms with E-state index in [-0.39, 0.29) is 11.9 Å². The molecule has 2 aromatic heterocycles. The molecule has 1 aromatic carbocycles. The highest BCUT2D eigenvalue weighted by molar-refractivity contribution is 5.52. The second-order valence-electron chi connectivity index (χ2n) is 5.16. The van der Waals surface area contributed by atoms with Crippen LogP contribution in [0.3, 0.4) is 0 Å². The van der Waals surface area contributed by atoms with Crippen LogP contribution in [0.1, 0.15) is 12.6 Å². The molecule has 3 aromatic rings. The molecule has 2 heterocycles. The summed E-state index contributed by atoms with van der Waals surface area (Å²) in [6.45, 7) is 3.44. The Labute approximate surface area is 127 Å². The minimum absolute atomic E-state index is 0.245. The zero-order valence-corrected chi connectivity index (χ0v) is 12.2. The molecule has 1 N–H and O–H groups in total. The molecule has 0 saturated heterocycles. The van der Waals surface area contributed by atoms with Crippen LogP contribution in [0.2, 0.25) is 0 Å². The van der Waals surface area contributed by atoms with Crippen molar-refractivity contribution in [3.8, 4) is 11.5 Å². The molecule has 0 fully saturated rings. The van der Waals surface area contributed by atoms with Crippen molar-refractivity contribution in [1.29, 1.82) is 0 Å². The van der Waals surface area contributed by atoms with Crippen molar-refractivity contribution in [1.82, 2.24) is 20.1 Å².